The van der Waals surface area contributed by atoms with Crippen LogP contribution in [0.1, 0.15) is 46.3 Å². The monoisotopic (exact) mass is 224 g/mol. The van der Waals surface area contributed by atoms with Gasteiger partial charge in [0.15, 0.2) is 0 Å². The Bertz CT molecular complexity index is 368. The predicted octanol–water partition coefficient (Wildman–Crippen LogP) is 3.35. The molecule has 0 amide bonds. The van der Waals surface area contributed by atoms with Crippen LogP contribution < -0.4 is 0 Å². The van der Waals surface area contributed by atoms with Gasteiger partial charge in [-0.1, -0.05) is 19.8 Å². The van der Waals surface area contributed by atoms with E-state index < -0.39 is 5.97 Å². The van der Waals surface area contributed by atoms with Crippen LogP contribution in [0.4, 0.5) is 0 Å². The first kappa shape index (κ1) is 10.7. The quantitative estimate of drug-likeness (QED) is 0.854. The van der Waals surface area contributed by atoms with E-state index in [4.69, 9.17) is 5.11 Å². The van der Waals surface area contributed by atoms with Crippen molar-refractivity contribution in [2.45, 2.75) is 39.0 Å². The number of carboxylic acid groups (broad SMARTS) is 1. The molecule has 0 aromatic carbocycles. The molecule has 1 aromatic heterocycles. The van der Waals surface area contributed by atoms with Gasteiger partial charge in [-0.25, -0.2) is 4.79 Å². The number of carboxylic acids is 1. The third-order valence-corrected chi connectivity index (χ3v) is 4.32. The van der Waals surface area contributed by atoms with Crippen LogP contribution in [0.5, 0.6) is 0 Å². The number of hydrogen-bond acceptors (Lipinski definition) is 2. The molecule has 0 bridgehead atoms. The second-order valence-corrected chi connectivity index (χ2v) is 5.40. The lowest BCUT2D eigenvalue weighted by Gasteiger charge is -2.21. The maximum absolute atomic E-state index is 10.8. The number of hydrogen-bond donors (Lipinski definition) is 1. The van der Waals surface area contributed by atoms with Gasteiger partial charge < -0.3 is 5.11 Å². The predicted molar refractivity (Wildman–Crippen MR) is 61.7 cm³/mol. The van der Waals surface area contributed by atoms with Crippen LogP contribution in [-0.2, 0) is 12.8 Å². The Kier molecular flexibility index (Phi) is 3.10. The highest BCUT2D eigenvalue weighted by molar-refractivity contribution is 7.14. The van der Waals surface area contributed by atoms with Crippen molar-refractivity contribution in [1.82, 2.24) is 0 Å². The van der Waals surface area contributed by atoms with E-state index in [0.29, 0.717) is 4.88 Å². The lowest BCUT2D eigenvalue weighted by Crippen LogP contribution is -2.11. The molecule has 0 saturated heterocycles. The van der Waals surface area contributed by atoms with Crippen LogP contribution in [-0.4, -0.2) is 11.1 Å². The summed E-state index contributed by atoms with van der Waals surface area (Å²) in [6.07, 6.45) is 5.92. The number of thiophene rings is 1. The van der Waals surface area contributed by atoms with Crippen molar-refractivity contribution >= 4 is 17.3 Å². The number of carbonyl (C=O) groups is 1. The zero-order chi connectivity index (χ0) is 10.8. The summed E-state index contributed by atoms with van der Waals surface area (Å²) in [5.74, 6) is 0.000173. The molecular formula is C12H16O2S. The average Bonchev–Trinajstić information content (AvgIpc) is 2.61. The van der Waals surface area contributed by atoms with E-state index in [-0.39, 0.29) is 0 Å². The molecule has 15 heavy (non-hydrogen) atoms. The van der Waals surface area contributed by atoms with Gasteiger partial charge in [0, 0.05) is 4.88 Å². The van der Waals surface area contributed by atoms with Crippen molar-refractivity contribution in [1.29, 1.82) is 0 Å². The van der Waals surface area contributed by atoms with Gasteiger partial charge in [0.05, 0.1) is 0 Å². The summed E-state index contributed by atoms with van der Waals surface area (Å²) in [4.78, 5) is 12.7. The summed E-state index contributed by atoms with van der Waals surface area (Å²) < 4.78 is 0. The molecule has 0 radical (unpaired) electrons. The van der Waals surface area contributed by atoms with Gasteiger partial charge in [0.1, 0.15) is 4.88 Å². The minimum absolute atomic E-state index is 0.511. The van der Waals surface area contributed by atoms with Crippen LogP contribution in [0, 0.1) is 5.92 Å². The standard InChI is InChI=1S/C12H16O2S/c1-2-3-8-4-5-10-9(6-8)7-11(15-10)12(13)14/h7-8H,2-6H2,1H3,(H,13,14)/t8-/m1/s1. The largest absolute Gasteiger partial charge is 0.477 e. The van der Waals surface area contributed by atoms with E-state index in [1.807, 2.05) is 6.07 Å². The first-order valence-electron chi connectivity index (χ1n) is 5.55. The molecule has 0 fully saturated rings. The highest BCUT2D eigenvalue weighted by Gasteiger charge is 2.22. The van der Waals surface area contributed by atoms with Gasteiger partial charge in [0.25, 0.3) is 0 Å². The van der Waals surface area contributed by atoms with Crippen LogP contribution in [0.3, 0.4) is 0 Å². The fourth-order valence-corrected chi connectivity index (χ4v) is 3.41. The number of rotatable bonds is 3. The fourth-order valence-electron chi connectivity index (χ4n) is 2.36. The van der Waals surface area contributed by atoms with E-state index in [9.17, 15) is 4.79 Å². The summed E-state index contributed by atoms with van der Waals surface area (Å²) in [5.41, 5.74) is 1.29. The molecule has 1 aliphatic rings. The summed E-state index contributed by atoms with van der Waals surface area (Å²) >= 11 is 1.46. The summed E-state index contributed by atoms with van der Waals surface area (Å²) in [6.45, 7) is 2.21. The highest BCUT2D eigenvalue weighted by Crippen LogP contribution is 2.33. The van der Waals surface area contributed by atoms with Gasteiger partial charge in [-0.3, -0.25) is 0 Å². The third kappa shape index (κ3) is 2.23. The van der Waals surface area contributed by atoms with Gasteiger partial charge in [-0.2, -0.15) is 0 Å². The maximum atomic E-state index is 10.8. The number of aromatic carboxylic acids is 1. The molecule has 1 aromatic rings. The summed E-state index contributed by atoms with van der Waals surface area (Å²) in [7, 11) is 0. The Morgan fingerprint density at radius 1 is 1.67 bits per heavy atom. The van der Waals surface area contributed by atoms with Crippen molar-refractivity contribution in [2.75, 3.05) is 0 Å². The maximum Gasteiger partial charge on any atom is 0.345 e. The molecule has 1 atom stereocenters. The van der Waals surface area contributed by atoms with Crippen LogP contribution in [0.2, 0.25) is 0 Å². The second-order valence-electron chi connectivity index (χ2n) is 4.26. The van der Waals surface area contributed by atoms with Crippen LogP contribution in [0.25, 0.3) is 0 Å². The molecule has 1 heterocycles. The summed E-state index contributed by atoms with van der Waals surface area (Å²) in [6, 6.07) is 1.88. The molecule has 82 valence electrons. The lowest BCUT2D eigenvalue weighted by atomic mass is 9.85. The van der Waals surface area contributed by atoms with E-state index in [1.54, 1.807) is 0 Å². The molecular weight excluding hydrogens is 208 g/mol. The number of aryl methyl sites for hydroxylation is 1. The normalized spacial score (nSPS) is 19.9. The SMILES string of the molecule is CCC[C@@H]1CCc2sc(C(=O)O)cc2C1. The van der Waals surface area contributed by atoms with Gasteiger partial charge in [-0.15, -0.1) is 11.3 Å². The van der Waals surface area contributed by atoms with Crippen molar-refractivity contribution in [3.63, 3.8) is 0 Å². The van der Waals surface area contributed by atoms with Crippen molar-refractivity contribution in [3.05, 3.63) is 21.4 Å². The second kappa shape index (κ2) is 4.35. The third-order valence-electron chi connectivity index (χ3n) is 3.09. The first-order chi connectivity index (χ1) is 7.20. The molecule has 1 N–H and O–H groups in total. The number of fused-ring (bicyclic) bond motifs is 1. The van der Waals surface area contributed by atoms with Crippen LogP contribution in [0.15, 0.2) is 6.07 Å². The van der Waals surface area contributed by atoms with Crippen molar-refractivity contribution in [3.8, 4) is 0 Å². The van der Waals surface area contributed by atoms with E-state index in [1.165, 1.54) is 41.0 Å². The zero-order valence-corrected chi connectivity index (χ0v) is 9.77. The Labute approximate surface area is 93.9 Å². The van der Waals surface area contributed by atoms with Gasteiger partial charge in [-0.05, 0) is 36.8 Å². The summed E-state index contributed by atoms with van der Waals surface area (Å²) in [5, 5.41) is 8.91. The van der Waals surface area contributed by atoms with E-state index >= 15 is 0 Å². The van der Waals surface area contributed by atoms with Crippen LogP contribution >= 0.6 is 11.3 Å². The van der Waals surface area contributed by atoms with Gasteiger partial charge in [0.2, 0.25) is 0 Å². The van der Waals surface area contributed by atoms with Gasteiger partial charge >= 0.3 is 5.97 Å². The molecule has 0 aliphatic heterocycles. The Hall–Kier alpha value is -0.830. The first-order valence-corrected chi connectivity index (χ1v) is 6.37. The topological polar surface area (TPSA) is 37.3 Å². The highest BCUT2D eigenvalue weighted by atomic mass is 32.1. The molecule has 1 aliphatic carbocycles. The lowest BCUT2D eigenvalue weighted by molar-refractivity contribution is 0.0702. The van der Waals surface area contributed by atoms with E-state index in [2.05, 4.69) is 6.92 Å². The molecule has 2 nitrogen and oxygen atoms in total. The van der Waals surface area contributed by atoms with Crippen molar-refractivity contribution in [2.24, 2.45) is 5.92 Å². The molecule has 0 unspecified atom stereocenters. The molecule has 0 saturated carbocycles. The molecule has 3 heteroatoms. The minimum Gasteiger partial charge on any atom is -0.477 e. The minimum atomic E-state index is -0.776. The Morgan fingerprint density at radius 3 is 3.13 bits per heavy atom. The molecule has 2 rings (SSSR count). The average molecular weight is 224 g/mol. The Balaban J connectivity index is 2.15. The van der Waals surface area contributed by atoms with Crippen molar-refractivity contribution < 1.29 is 9.90 Å². The smallest absolute Gasteiger partial charge is 0.345 e. The fraction of sp³-hybridized carbons (Fsp3) is 0.583. The zero-order valence-electron chi connectivity index (χ0n) is 8.95. The Morgan fingerprint density at radius 2 is 2.47 bits per heavy atom. The molecule has 0 spiro atoms. The van der Waals surface area contributed by atoms with E-state index in [0.717, 1.165) is 18.8 Å².